The van der Waals surface area contributed by atoms with E-state index in [0.717, 1.165) is 47.9 Å². The van der Waals surface area contributed by atoms with Crippen LogP contribution < -0.4 is 10.2 Å². The number of carbonyl (C=O) groups excluding carboxylic acids is 2. The van der Waals surface area contributed by atoms with Gasteiger partial charge in [0, 0.05) is 11.1 Å². The minimum absolute atomic E-state index is 0.191. The van der Waals surface area contributed by atoms with Crippen molar-refractivity contribution in [2.45, 2.75) is 37.5 Å². The summed E-state index contributed by atoms with van der Waals surface area (Å²) in [6.07, 6.45) is 4.39. The first-order valence-electron chi connectivity index (χ1n) is 10.3. The normalized spacial score (nSPS) is 15.7. The molecule has 3 aromatic rings. The van der Waals surface area contributed by atoms with Crippen molar-refractivity contribution in [3.05, 3.63) is 82.9 Å². The number of rotatable bonds is 6. The van der Waals surface area contributed by atoms with Gasteiger partial charge in [0.25, 0.3) is 0 Å². The summed E-state index contributed by atoms with van der Waals surface area (Å²) in [5.41, 5.74) is 5.20. The molecule has 0 N–H and O–H groups in total. The van der Waals surface area contributed by atoms with E-state index in [-0.39, 0.29) is 11.1 Å². The van der Waals surface area contributed by atoms with Crippen LogP contribution in [0.3, 0.4) is 0 Å². The Kier molecular flexibility index (Phi) is 4.43. The quantitative estimate of drug-likeness (QED) is 0.639. The third kappa shape index (κ3) is 3.50. The number of carboxylic acids is 2. The van der Waals surface area contributed by atoms with E-state index in [9.17, 15) is 19.8 Å². The van der Waals surface area contributed by atoms with Gasteiger partial charge in [0.2, 0.25) is 0 Å². The highest BCUT2D eigenvalue weighted by Crippen LogP contribution is 2.42. The molecule has 0 heterocycles. The number of carboxylic acid groups (broad SMARTS) is 2. The molecule has 0 spiro atoms. The van der Waals surface area contributed by atoms with Crippen LogP contribution in [0.1, 0.15) is 69.4 Å². The van der Waals surface area contributed by atoms with Crippen molar-refractivity contribution in [3.8, 4) is 22.3 Å². The van der Waals surface area contributed by atoms with Gasteiger partial charge >= 0.3 is 0 Å². The fraction of sp³-hybridized carbons (Fsp3) is 0.231. The van der Waals surface area contributed by atoms with Crippen molar-refractivity contribution >= 4 is 11.9 Å². The van der Waals surface area contributed by atoms with Crippen LogP contribution in [0.25, 0.3) is 22.3 Å². The number of hydrogen-bond acceptors (Lipinski definition) is 4. The molecule has 150 valence electrons. The standard InChI is InChI=1S/C26H22O4/c27-25(28)23-13-19(15-1-2-15)9-11-21(23)17-5-7-18(8-6-17)22-12-10-20(16-3-4-16)14-24(22)26(29)30/h5-16H,1-4H2,(H,27,28)(H,29,30)/p-2. The van der Waals surface area contributed by atoms with Crippen LogP contribution in [0.2, 0.25) is 0 Å². The summed E-state index contributed by atoms with van der Waals surface area (Å²) in [7, 11) is 0. The van der Waals surface area contributed by atoms with Crippen LogP contribution in [0.4, 0.5) is 0 Å². The molecule has 2 aliphatic rings. The largest absolute Gasteiger partial charge is 0.545 e. The maximum atomic E-state index is 11.7. The second kappa shape index (κ2) is 7.13. The minimum atomic E-state index is -1.19. The molecule has 0 saturated heterocycles. The Morgan fingerprint density at radius 2 is 0.967 bits per heavy atom. The van der Waals surface area contributed by atoms with Crippen LogP contribution in [0, 0.1) is 0 Å². The van der Waals surface area contributed by atoms with Crippen LogP contribution >= 0.6 is 0 Å². The van der Waals surface area contributed by atoms with Crippen molar-refractivity contribution in [1.82, 2.24) is 0 Å². The highest BCUT2D eigenvalue weighted by molar-refractivity contribution is 5.97. The van der Waals surface area contributed by atoms with Crippen molar-refractivity contribution in [3.63, 3.8) is 0 Å². The molecule has 2 fully saturated rings. The zero-order chi connectivity index (χ0) is 20.8. The summed E-state index contributed by atoms with van der Waals surface area (Å²) in [5.74, 6) is -1.46. The molecule has 0 radical (unpaired) electrons. The average molecular weight is 396 g/mol. The second-order valence-electron chi connectivity index (χ2n) is 8.31. The van der Waals surface area contributed by atoms with Gasteiger partial charge in [-0.25, -0.2) is 0 Å². The van der Waals surface area contributed by atoms with E-state index in [1.807, 2.05) is 48.5 Å². The Hall–Kier alpha value is -3.40. The van der Waals surface area contributed by atoms with E-state index in [1.165, 1.54) is 0 Å². The lowest BCUT2D eigenvalue weighted by Gasteiger charge is -2.15. The first kappa shape index (κ1) is 18.6. The van der Waals surface area contributed by atoms with Crippen LogP contribution in [-0.4, -0.2) is 11.9 Å². The lowest BCUT2D eigenvalue weighted by Crippen LogP contribution is -2.23. The summed E-state index contributed by atoms with van der Waals surface area (Å²) >= 11 is 0. The molecule has 3 aromatic carbocycles. The zero-order valence-corrected chi connectivity index (χ0v) is 16.4. The molecular formula is C26H20O4-2. The lowest BCUT2D eigenvalue weighted by atomic mass is 9.92. The fourth-order valence-corrected chi connectivity index (χ4v) is 4.14. The average Bonchev–Trinajstić information content (AvgIpc) is 3.65. The minimum Gasteiger partial charge on any atom is -0.545 e. The molecule has 0 aliphatic heterocycles. The van der Waals surface area contributed by atoms with Gasteiger partial charge in [0.05, 0.1) is 11.9 Å². The van der Waals surface area contributed by atoms with E-state index in [2.05, 4.69) is 0 Å². The van der Waals surface area contributed by atoms with E-state index < -0.39 is 11.9 Å². The summed E-state index contributed by atoms with van der Waals surface area (Å²) in [6.45, 7) is 0. The van der Waals surface area contributed by atoms with Crippen molar-refractivity contribution < 1.29 is 19.8 Å². The Morgan fingerprint density at radius 3 is 1.27 bits per heavy atom. The Balaban J connectivity index is 1.51. The van der Waals surface area contributed by atoms with Gasteiger partial charge in [0.15, 0.2) is 0 Å². The van der Waals surface area contributed by atoms with E-state index in [0.29, 0.717) is 23.0 Å². The van der Waals surface area contributed by atoms with Gasteiger partial charge in [0.1, 0.15) is 0 Å². The maximum Gasteiger partial charge on any atom is 0.0721 e. The topological polar surface area (TPSA) is 80.3 Å². The smallest absolute Gasteiger partial charge is 0.0721 e. The zero-order valence-electron chi connectivity index (χ0n) is 16.4. The van der Waals surface area contributed by atoms with Gasteiger partial charge in [-0.3, -0.25) is 0 Å². The summed E-state index contributed by atoms with van der Waals surface area (Å²) in [6, 6.07) is 18.4. The van der Waals surface area contributed by atoms with E-state index in [1.54, 1.807) is 12.1 Å². The van der Waals surface area contributed by atoms with E-state index in [4.69, 9.17) is 0 Å². The van der Waals surface area contributed by atoms with Gasteiger partial charge < -0.3 is 19.8 Å². The molecule has 4 nitrogen and oxygen atoms in total. The monoisotopic (exact) mass is 396 g/mol. The second-order valence-corrected chi connectivity index (χ2v) is 8.31. The Morgan fingerprint density at radius 1 is 0.600 bits per heavy atom. The van der Waals surface area contributed by atoms with Gasteiger partial charge in [-0.05, 0) is 83.0 Å². The molecular weight excluding hydrogens is 376 g/mol. The SMILES string of the molecule is O=C([O-])c1cc(C2CC2)ccc1-c1ccc(-c2ccc(C3CC3)cc2C(=O)[O-])cc1. The van der Waals surface area contributed by atoms with Gasteiger partial charge in [-0.1, -0.05) is 48.5 Å². The predicted octanol–water partition coefficient (Wildman–Crippen LogP) is 3.50. The number of carbonyl (C=O) groups is 2. The van der Waals surface area contributed by atoms with Crippen LogP contribution in [-0.2, 0) is 0 Å². The molecule has 0 bridgehead atoms. The third-order valence-corrected chi connectivity index (χ3v) is 6.13. The van der Waals surface area contributed by atoms with Crippen molar-refractivity contribution in [2.75, 3.05) is 0 Å². The Labute approximate surface area is 174 Å². The van der Waals surface area contributed by atoms with Crippen molar-refractivity contribution in [2.24, 2.45) is 0 Å². The Bertz CT molecular complexity index is 1060. The summed E-state index contributed by atoms with van der Waals surface area (Å²) in [4.78, 5) is 23.4. The maximum absolute atomic E-state index is 11.7. The summed E-state index contributed by atoms with van der Waals surface area (Å²) in [5, 5.41) is 23.4. The highest BCUT2D eigenvalue weighted by atomic mass is 16.4. The summed E-state index contributed by atoms with van der Waals surface area (Å²) < 4.78 is 0. The van der Waals surface area contributed by atoms with Crippen LogP contribution in [0.15, 0.2) is 60.7 Å². The van der Waals surface area contributed by atoms with E-state index >= 15 is 0 Å². The fourth-order valence-electron chi connectivity index (χ4n) is 4.14. The molecule has 2 saturated carbocycles. The molecule has 4 heteroatoms. The molecule has 5 rings (SSSR count). The highest BCUT2D eigenvalue weighted by Gasteiger charge is 2.25. The van der Waals surface area contributed by atoms with Gasteiger partial charge in [-0.2, -0.15) is 0 Å². The molecule has 2 aliphatic carbocycles. The first-order valence-corrected chi connectivity index (χ1v) is 10.3. The number of benzene rings is 3. The molecule has 0 amide bonds. The molecule has 30 heavy (non-hydrogen) atoms. The lowest BCUT2D eigenvalue weighted by molar-refractivity contribution is -0.256. The predicted molar refractivity (Wildman–Crippen MR) is 110 cm³/mol. The molecule has 0 aromatic heterocycles. The molecule has 0 unspecified atom stereocenters. The van der Waals surface area contributed by atoms with Crippen LogP contribution in [0.5, 0.6) is 0 Å². The molecule has 0 atom stereocenters. The third-order valence-electron chi connectivity index (χ3n) is 6.13. The van der Waals surface area contributed by atoms with Gasteiger partial charge in [-0.15, -0.1) is 0 Å². The number of aromatic carboxylic acids is 2. The number of hydrogen-bond donors (Lipinski definition) is 0. The van der Waals surface area contributed by atoms with Crippen molar-refractivity contribution in [1.29, 1.82) is 0 Å². The first-order chi connectivity index (χ1) is 14.5.